The van der Waals surface area contributed by atoms with Crippen LogP contribution >= 0.6 is 0 Å². The molecule has 3 N–H and O–H groups in total. The molecule has 0 aromatic heterocycles. The Morgan fingerprint density at radius 1 is 1.24 bits per heavy atom. The number of hydrogen-bond acceptors (Lipinski definition) is 6. The van der Waals surface area contributed by atoms with E-state index >= 15 is 0 Å². The fourth-order valence-corrected chi connectivity index (χ4v) is 0.833. The Kier molecular flexibility index (Phi) is 6.75. The highest BCUT2D eigenvalue weighted by atomic mass is 16.5. The largest absolute Gasteiger partial charge is 0.465 e. The third kappa shape index (κ3) is 6.91. The molecular weight excluding hydrogens is 226 g/mol. The topological polar surface area (TPSA) is 98.9 Å². The van der Waals surface area contributed by atoms with Crippen LogP contribution in [0.3, 0.4) is 0 Å². The zero-order chi connectivity index (χ0) is 13.5. The molecule has 6 heteroatoms. The summed E-state index contributed by atoms with van der Waals surface area (Å²) in [6.07, 6.45) is 0. The van der Waals surface area contributed by atoms with Crippen LogP contribution < -0.4 is 5.73 Å². The van der Waals surface area contributed by atoms with Gasteiger partial charge in [0.25, 0.3) is 0 Å². The van der Waals surface area contributed by atoms with Gasteiger partial charge in [0.2, 0.25) is 0 Å². The molecule has 6 nitrogen and oxygen atoms in total. The summed E-state index contributed by atoms with van der Waals surface area (Å²) in [4.78, 5) is 22.2. The van der Waals surface area contributed by atoms with Crippen LogP contribution in [0, 0.1) is 11.3 Å². The van der Waals surface area contributed by atoms with Gasteiger partial charge in [-0.1, -0.05) is 0 Å². The number of hydrogen-bond donors (Lipinski definition) is 2. The lowest BCUT2D eigenvalue weighted by Gasteiger charge is -2.19. The van der Waals surface area contributed by atoms with E-state index in [0.29, 0.717) is 0 Å². The zero-order valence-corrected chi connectivity index (χ0v) is 10.6. The molecule has 0 saturated heterocycles. The highest BCUT2D eigenvalue weighted by molar-refractivity contribution is 5.75. The van der Waals surface area contributed by atoms with Crippen molar-refractivity contribution in [2.24, 2.45) is 17.1 Å². The quantitative estimate of drug-likeness (QED) is 0.624. The van der Waals surface area contributed by atoms with Gasteiger partial charge in [0.05, 0.1) is 37.7 Å². The maximum absolute atomic E-state index is 11.4. The molecular formula is C11H21NO5. The molecule has 0 aliphatic rings. The second-order valence-electron chi connectivity index (χ2n) is 4.78. The number of aliphatic hydroxyl groups is 1. The molecule has 0 aromatic carbocycles. The summed E-state index contributed by atoms with van der Waals surface area (Å²) >= 11 is 0. The summed E-state index contributed by atoms with van der Waals surface area (Å²) < 4.78 is 9.75. The number of carbonyl (C=O) groups excluding carboxylic acids is 2. The van der Waals surface area contributed by atoms with Crippen molar-refractivity contribution in [3.05, 3.63) is 0 Å². The summed E-state index contributed by atoms with van der Waals surface area (Å²) in [5.41, 5.74) is 4.47. The third-order valence-electron chi connectivity index (χ3n) is 1.97. The third-order valence-corrected chi connectivity index (χ3v) is 1.97. The number of nitrogens with two attached hydrogens (primary N) is 1. The number of aliphatic hydroxyl groups excluding tert-OH is 1. The van der Waals surface area contributed by atoms with Crippen molar-refractivity contribution in [3.63, 3.8) is 0 Å². The summed E-state index contributed by atoms with van der Waals surface area (Å²) in [5, 5.41) is 9.01. The molecule has 0 aliphatic carbocycles. The number of carbonyl (C=O) groups is 2. The van der Waals surface area contributed by atoms with Crippen molar-refractivity contribution in [2.75, 3.05) is 26.4 Å². The summed E-state index contributed by atoms with van der Waals surface area (Å²) in [6, 6.07) is 0. The van der Waals surface area contributed by atoms with E-state index in [-0.39, 0.29) is 32.3 Å². The highest BCUT2D eigenvalue weighted by Gasteiger charge is 2.24. The molecule has 17 heavy (non-hydrogen) atoms. The first-order valence-corrected chi connectivity index (χ1v) is 5.45. The minimum Gasteiger partial charge on any atom is -0.465 e. The monoisotopic (exact) mass is 247 g/mol. The van der Waals surface area contributed by atoms with Crippen molar-refractivity contribution in [1.82, 2.24) is 0 Å². The van der Waals surface area contributed by atoms with E-state index in [4.69, 9.17) is 20.3 Å². The summed E-state index contributed by atoms with van der Waals surface area (Å²) in [5.74, 6) is -1.33. The van der Waals surface area contributed by atoms with E-state index in [0.717, 1.165) is 0 Å². The highest BCUT2D eigenvalue weighted by Crippen LogP contribution is 2.15. The van der Waals surface area contributed by atoms with Gasteiger partial charge in [-0.3, -0.25) is 9.59 Å². The fourth-order valence-electron chi connectivity index (χ4n) is 0.833. The van der Waals surface area contributed by atoms with Gasteiger partial charge in [-0.25, -0.2) is 0 Å². The first-order valence-electron chi connectivity index (χ1n) is 5.45. The molecule has 100 valence electrons. The van der Waals surface area contributed by atoms with Gasteiger partial charge in [-0.05, 0) is 20.8 Å². The second kappa shape index (κ2) is 7.24. The van der Waals surface area contributed by atoms with Crippen molar-refractivity contribution >= 4 is 11.9 Å². The summed E-state index contributed by atoms with van der Waals surface area (Å²) in [6.45, 7) is 4.77. The maximum Gasteiger partial charge on any atom is 0.319 e. The van der Waals surface area contributed by atoms with Gasteiger partial charge in [0.1, 0.15) is 0 Å². The Morgan fingerprint density at radius 2 is 1.76 bits per heavy atom. The van der Waals surface area contributed by atoms with E-state index in [1.807, 2.05) is 0 Å². The average molecular weight is 247 g/mol. The van der Waals surface area contributed by atoms with Gasteiger partial charge in [-0.15, -0.1) is 0 Å². The van der Waals surface area contributed by atoms with Gasteiger partial charge >= 0.3 is 11.9 Å². The molecule has 0 aliphatic heterocycles. The van der Waals surface area contributed by atoms with E-state index < -0.39 is 17.3 Å². The number of rotatable bonds is 6. The van der Waals surface area contributed by atoms with E-state index in [1.54, 1.807) is 20.8 Å². The van der Waals surface area contributed by atoms with Crippen LogP contribution in [0.2, 0.25) is 0 Å². The van der Waals surface area contributed by atoms with Crippen LogP contribution in [0.4, 0.5) is 0 Å². The Morgan fingerprint density at radius 3 is 2.18 bits per heavy atom. The van der Waals surface area contributed by atoms with E-state index in [9.17, 15) is 9.59 Å². The molecule has 0 bridgehead atoms. The van der Waals surface area contributed by atoms with Crippen LogP contribution in [-0.4, -0.2) is 43.4 Å². The number of esters is 2. The predicted octanol–water partition coefficient (Wildman–Crippen LogP) is -0.314. The maximum atomic E-state index is 11.4. The van der Waals surface area contributed by atoms with Crippen LogP contribution in [0.15, 0.2) is 0 Å². The molecule has 0 aromatic rings. The van der Waals surface area contributed by atoms with Gasteiger partial charge in [0.15, 0.2) is 0 Å². The van der Waals surface area contributed by atoms with Crippen LogP contribution in [0.5, 0.6) is 0 Å². The number of ether oxygens (including phenoxy) is 2. The minimum absolute atomic E-state index is 0.00996. The first-order chi connectivity index (χ1) is 7.81. The molecule has 1 atom stereocenters. The SMILES string of the molecule is CC(C)(C)C(=O)OCC(CO)COC(=O)CN. The molecule has 0 heterocycles. The molecule has 0 amide bonds. The first kappa shape index (κ1) is 15.9. The van der Waals surface area contributed by atoms with Crippen LogP contribution in [-0.2, 0) is 19.1 Å². The smallest absolute Gasteiger partial charge is 0.319 e. The van der Waals surface area contributed by atoms with Crippen molar-refractivity contribution in [1.29, 1.82) is 0 Å². The standard InChI is InChI=1S/C11H21NO5/c1-11(2,3)10(15)17-7-8(5-13)6-16-9(14)4-12/h8,13H,4-7,12H2,1-3H3. The minimum atomic E-state index is -0.589. The van der Waals surface area contributed by atoms with Crippen molar-refractivity contribution in [2.45, 2.75) is 20.8 Å². The molecule has 0 rings (SSSR count). The molecule has 0 saturated carbocycles. The molecule has 0 fully saturated rings. The lowest BCUT2D eigenvalue weighted by atomic mass is 9.97. The van der Waals surface area contributed by atoms with Crippen molar-refractivity contribution in [3.8, 4) is 0 Å². The molecule has 1 unspecified atom stereocenters. The normalized spacial score (nSPS) is 13.0. The van der Waals surface area contributed by atoms with E-state index in [1.165, 1.54) is 0 Å². The Bertz CT molecular complexity index is 259. The zero-order valence-electron chi connectivity index (χ0n) is 10.6. The lowest BCUT2D eigenvalue weighted by Crippen LogP contribution is -2.29. The van der Waals surface area contributed by atoms with Crippen LogP contribution in [0.1, 0.15) is 20.8 Å². The fraction of sp³-hybridized carbons (Fsp3) is 0.818. The van der Waals surface area contributed by atoms with Gasteiger partial charge in [0, 0.05) is 0 Å². The van der Waals surface area contributed by atoms with Crippen LogP contribution in [0.25, 0.3) is 0 Å². The molecule has 0 radical (unpaired) electrons. The molecule has 0 spiro atoms. The average Bonchev–Trinajstić information content (AvgIpc) is 2.27. The predicted molar refractivity (Wildman–Crippen MR) is 61.0 cm³/mol. The Hall–Kier alpha value is -1.14. The lowest BCUT2D eigenvalue weighted by molar-refractivity contribution is -0.156. The van der Waals surface area contributed by atoms with Crippen molar-refractivity contribution < 1.29 is 24.2 Å². The summed E-state index contributed by atoms with van der Waals surface area (Å²) in [7, 11) is 0. The van der Waals surface area contributed by atoms with Gasteiger partial charge < -0.3 is 20.3 Å². The second-order valence-corrected chi connectivity index (χ2v) is 4.78. The Labute approximate surface area is 101 Å². The van der Waals surface area contributed by atoms with E-state index in [2.05, 4.69) is 0 Å². The Balaban J connectivity index is 3.98. The van der Waals surface area contributed by atoms with Gasteiger partial charge in [-0.2, -0.15) is 0 Å².